The van der Waals surface area contributed by atoms with Crippen molar-refractivity contribution in [1.29, 1.82) is 0 Å². The van der Waals surface area contributed by atoms with Gasteiger partial charge in [-0.2, -0.15) is 0 Å². The van der Waals surface area contributed by atoms with E-state index in [2.05, 4.69) is 9.88 Å². The van der Waals surface area contributed by atoms with E-state index >= 15 is 0 Å². The number of hydrogen-bond acceptors (Lipinski definition) is 6. The molecule has 108 valence electrons. The molecular weight excluding hydrogens is 282 g/mol. The molecule has 0 aliphatic carbocycles. The molecule has 0 spiro atoms. The zero-order chi connectivity index (χ0) is 14.3. The summed E-state index contributed by atoms with van der Waals surface area (Å²) in [5, 5.41) is 20.4. The Morgan fingerprint density at radius 2 is 2.15 bits per heavy atom. The first-order chi connectivity index (χ1) is 9.54. The summed E-state index contributed by atoms with van der Waals surface area (Å²) in [5.41, 5.74) is 0. The van der Waals surface area contributed by atoms with Gasteiger partial charge in [0, 0.05) is 18.5 Å². The molecule has 8 heteroatoms. The molecule has 3 heterocycles. The maximum atomic E-state index is 10.8. The second-order valence-corrected chi connectivity index (χ2v) is 6.45. The van der Waals surface area contributed by atoms with Crippen molar-refractivity contribution in [2.24, 2.45) is 5.92 Å². The number of thiazole rings is 1. The first-order valence-electron chi connectivity index (χ1n) is 6.65. The molecule has 0 amide bonds. The molecule has 0 saturated carbocycles. The van der Waals surface area contributed by atoms with E-state index in [-0.39, 0.29) is 29.4 Å². The molecule has 2 aliphatic heterocycles. The summed E-state index contributed by atoms with van der Waals surface area (Å²) < 4.78 is 0. The second kappa shape index (κ2) is 5.01. The highest BCUT2D eigenvalue weighted by Gasteiger charge is 2.42. The fourth-order valence-electron chi connectivity index (χ4n) is 3.48. The average Bonchev–Trinajstić information content (AvgIpc) is 2.92. The minimum absolute atomic E-state index is 0.0621. The number of carbonyl (C=O) groups is 1. The van der Waals surface area contributed by atoms with Crippen LogP contribution >= 0.6 is 11.3 Å². The Labute approximate surface area is 119 Å². The van der Waals surface area contributed by atoms with E-state index in [0.29, 0.717) is 5.13 Å². The lowest BCUT2D eigenvalue weighted by Gasteiger charge is -2.38. The largest absolute Gasteiger partial charge is 0.481 e. The minimum Gasteiger partial charge on any atom is -0.481 e. The summed E-state index contributed by atoms with van der Waals surface area (Å²) in [6, 6.07) is 0.563. The lowest BCUT2D eigenvalue weighted by molar-refractivity contribution is -0.380. The highest BCUT2D eigenvalue weighted by atomic mass is 32.1. The van der Waals surface area contributed by atoms with Crippen LogP contribution in [0, 0.1) is 16.0 Å². The summed E-state index contributed by atoms with van der Waals surface area (Å²) in [6.07, 6.45) is 5.26. The lowest BCUT2D eigenvalue weighted by atomic mass is 9.88. The Hall–Kier alpha value is -1.70. The van der Waals surface area contributed by atoms with E-state index in [1.807, 2.05) is 0 Å². The summed E-state index contributed by atoms with van der Waals surface area (Å²) in [5.74, 6) is -0.524. The molecule has 1 aromatic rings. The van der Waals surface area contributed by atoms with Gasteiger partial charge in [0.2, 0.25) is 0 Å². The molecule has 2 unspecified atom stereocenters. The fourth-order valence-corrected chi connectivity index (χ4v) is 4.35. The van der Waals surface area contributed by atoms with Crippen LogP contribution in [-0.2, 0) is 4.79 Å². The van der Waals surface area contributed by atoms with Gasteiger partial charge in [-0.3, -0.25) is 14.9 Å². The van der Waals surface area contributed by atoms with E-state index in [1.54, 1.807) is 0 Å². The van der Waals surface area contributed by atoms with Gasteiger partial charge in [-0.05, 0) is 42.9 Å². The van der Waals surface area contributed by atoms with Crippen molar-refractivity contribution in [1.82, 2.24) is 4.98 Å². The minimum atomic E-state index is -0.743. The number of carboxylic acid groups (broad SMARTS) is 1. The number of rotatable bonds is 4. The predicted octanol–water partition coefficient (Wildman–Crippen LogP) is 2.27. The second-order valence-electron chi connectivity index (χ2n) is 5.47. The van der Waals surface area contributed by atoms with Crippen LogP contribution in [0.3, 0.4) is 0 Å². The van der Waals surface area contributed by atoms with E-state index in [0.717, 1.165) is 37.0 Å². The van der Waals surface area contributed by atoms with Crippen molar-refractivity contribution in [2.75, 3.05) is 4.90 Å². The van der Waals surface area contributed by atoms with Crippen molar-refractivity contribution in [2.45, 2.75) is 44.2 Å². The molecule has 2 saturated heterocycles. The molecule has 0 aromatic carbocycles. The number of hydrogen-bond donors (Lipinski definition) is 1. The lowest BCUT2D eigenvalue weighted by Crippen LogP contribution is -2.43. The standard InChI is InChI=1S/C12H15N3O4S/c16-11(17)5-7-3-8-1-2-9(4-7)14(8)12-13-6-10(20-12)15(18)19/h6-9H,1-5H2,(H,16,17). The number of carboxylic acids is 1. The molecule has 3 rings (SSSR count). The Morgan fingerprint density at radius 3 is 2.65 bits per heavy atom. The normalized spacial score (nSPS) is 28.6. The van der Waals surface area contributed by atoms with Crippen molar-refractivity contribution in [3.8, 4) is 0 Å². The smallest absolute Gasteiger partial charge is 0.345 e. The quantitative estimate of drug-likeness (QED) is 0.676. The van der Waals surface area contributed by atoms with E-state index in [1.165, 1.54) is 6.20 Å². The fraction of sp³-hybridized carbons (Fsp3) is 0.667. The van der Waals surface area contributed by atoms with E-state index in [4.69, 9.17) is 5.11 Å². The first kappa shape index (κ1) is 13.3. The summed E-state index contributed by atoms with van der Waals surface area (Å²) >= 11 is 1.11. The Balaban J connectivity index is 1.76. The predicted molar refractivity (Wildman–Crippen MR) is 73.0 cm³/mol. The van der Waals surface area contributed by atoms with Crippen molar-refractivity contribution in [3.05, 3.63) is 16.3 Å². The molecule has 1 aromatic heterocycles. The number of nitrogens with zero attached hydrogens (tertiary/aromatic N) is 3. The number of nitro groups is 1. The molecule has 2 bridgehead atoms. The SMILES string of the molecule is O=C(O)CC1CC2CCC(C1)N2c1ncc([N+](=O)[O-])s1. The van der Waals surface area contributed by atoms with Crippen LogP contribution in [0.1, 0.15) is 32.1 Å². The zero-order valence-electron chi connectivity index (χ0n) is 10.8. The van der Waals surface area contributed by atoms with Crippen LogP contribution in [0.25, 0.3) is 0 Å². The molecule has 20 heavy (non-hydrogen) atoms. The van der Waals surface area contributed by atoms with Gasteiger partial charge in [-0.15, -0.1) is 0 Å². The van der Waals surface area contributed by atoms with Gasteiger partial charge in [0.05, 0.1) is 4.92 Å². The summed E-state index contributed by atoms with van der Waals surface area (Å²) in [4.78, 5) is 27.5. The molecule has 7 nitrogen and oxygen atoms in total. The molecule has 2 fully saturated rings. The highest BCUT2D eigenvalue weighted by molar-refractivity contribution is 7.18. The van der Waals surface area contributed by atoms with Crippen LogP contribution in [0.15, 0.2) is 6.20 Å². The maximum Gasteiger partial charge on any atom is 0.345 e. The van der Waals surface area contributed by atoms with Gasteiger partial charge in [-0.1, -0.05) is 0 Å². The molecule has 2 aliphatic rings. The van der Waals surface area contributed by atoms with Crippen LogP contribution in [0.5, 0.6) is 0 Å². The third-order valence-electron chi connectivity index (χ3n) is 4.18. The van der Waals surface area contributed by atoms with Gasteiger partial charge in [0.25, 0.3) is 0 Å². The van der Waals surface area contributed by atoms with Crippen molar-refractivity contribution < 1.29 is 14.8 Å². The summed E-state index contributed by atoms with van der Waals surface area (Å²) in [7, 11) is 0. The van der Waals surface area contributed by atoms with E-state index in [9.17, 15) is 14.9 Å². The Bertz CT molecular complexity index is 533. The third-order valence-corrected chi connectivity index (χ3v) is 5.14. The van der Waals surface area contributed by atoms with Gasteiger partial charge in [0.15, 0.2) is 5.13 Å². The summed E-state index contributed by atoms with van der Waals surface area (Å²) in [6.45, 7) is 0. The third kappa shape index (κ3) is 2.35. The van der Waals surface area contributed by atoms with Crippen LogP contribution in [-0.4, -0.2) is 33.1 Å². The monoisotopic (exact) mass is 297 g/mol. The molecule has 0 radical (unpaired) electrons. The number of aromatic nitrogens is 1. The van der Waals surface area contributed by atoms with Crippen LogP contribution in [0.4, 0.5) is 10.1 Å². The van der Waals surface area contributed by atoms with Crippen molar-refractivity contribution >= 4 is 27.4 Å². The highest BCUT2D eigenvalue weighted by Crippen LogP contribution is 2.44. The van der Waals surface area contributed by atoms with Gasteiger partial charge >= 0.3 is 11.0 Å². The number of fused-ring (bicyclic) bond motifs is 2. The topological polar surface area (TPSA) is 96.6 Å². The van der Waals surface area contributed by atoms with Gasteiger partial charge in [-0.25, -0.2) is 4.98 Å². The van der Waals surface area contributed by atoms with Crippen molar-refractivity contribution in [3.63, 3.8) is 0 Å². The molecule has 2 atom stereocenters. The average molecular weight is 297 g/mol. The van der Waals surface area contributed by atoms with Crippen LogP contribution < -0.4 is 4.90 Å². The van der Waals surface area contributed by atoms with Crippen LogP contribution in [0.2, 0.25) is 0 Å². The zero-order valence-corrected chi connectivity index (χ0v) is 11.6. The van der Waals surface area contributed by atoms with Gasteiger partial charge in [0.1, 0.15) is 6.20 Å². The van der Waals surface area contributed by atoms with Gasteiger partial charge < -0.3 is 10.0 Å². The van der Waals surface area contributed by atoms with E-state index < -0.39 is 10.9 Å². The Morgan fingerprint density at radius 1 is 1.50 bits per heavy atom. The first-order valence-corrected chi connectivity index (χ1v) is 7.46. The molecule has 1 N–H and O–H groups in total. The Kier molecular flexibility index (Phi) is 3.33. The maximum absolute atomic E-state index is 10.8. The molecular formula is C12H15N3O4S. The number of piperidine rings is 1. The number of anilines is 1. The number of aliphatic carboxylic acids is 1.